The maximum Gasteiger partial charge on any atom is 0.262 e. The van der Waals surface area contributed by atoms with E-state index in [1.54, 1.807) is 18.2 Å². The van der Waals surface area contributed by atoms with E-state index in [9.17, 15) is 19.2 Å². The molecular formula is C22H20N4O4. The molecular weight excluding hydrogens is 384 g/mol. The van der Waals surface area contributed by atoms with Crippen LogP contribution in [0.4, 0.5) is 11.4 Å². The van der Waals surface area contributed by atoms with Gasteiger partial charge in [0.15, 0.2) is 0 Å². The van der Waals surface area contributed by atoms with Gasteiger partial charge in [-0.25, -0.2) is 0 Å². The molecule has 1 fully saturated rings. The van der Waals surface area contributed by atoms with Crippen molar-refractivity contribution in [2.75, 3.05) is 17.2 Å². The number of carbonyl (C=O) groups excluding carboxylic acids is 4. The van der Waals surface area contributed by atoms with E-state index < -0.39 is 23.8 Å². The second-order valence-electron chi connectivity index (χ2n) is 7.73. The quantitative estimate of drug-likeness (QED) is 0.669. The highest BCUT2D eigenvalue weighted by molar-refractivity contribution is 6.23. The van der Waals surface area contributed by atoms with Gasteiger partial charge in [0.2, 0.25) is 11.8 Å². The molecule has 0 aliphatic carbocycles. The third-order valence-electron chi connectivity index (χ3n) is 5.82. The van der Waals surface area contributed by atoms with Gasteiger partial charge in [0.25, 0.3) is 11.8 Å². The van der Waals surface area contributed by atoms with E-state index in [4.69, 9.17) is 0 Å². The molecule has 0 bridgehead atoms. The molecule has 0 spiro atoms. The van der Waals surface area contributed by atoms with Crippen molar-refractivity contribution in [3.63, 3.8) is 0 Å². The minimum Gasteiger partial charge on any atom is -0.384 e. The molecule has 0 aromatic heterocycles. The molecule has 30 heavy (non-hydrogen) atoms. The van der Waals surface area contributed by atoms with Gasteiger partial charge in [-0.3, -0.25) is 29.4 Å². The number of hydrogen-bond donors (Lipinski definition) is 3. The molecule has 2 aromatic carbocycles. The minimum absolute atomic E-state index is 0.106. The predicted molar refractivity (Wildman–Crippen MR) is 109 cm³/mol. The fourth-order valence-corrected chi connectivity index (χ4v) is 4.23. The Morgan fingerprint density at radius 3 is 2.63 bits per heavy atom. The van der Waals surface area contributed by atoms with E-state index in [1.807, 2.05) is 6.07 Å². The second-order valence-corrected chi connectivity index (χ2v) is 7.73. The molecule has 152 valence electrons. The lowest BCUT2D eigenvalue weighted by Gasteiger charge is -2.27. The normalized spacial score (nSPS) is 20.0. The highest BCUT2D eigenvalue weighted by Crippen LogP contribution is 2.29. The van der Waals surface area contributed by atoms with Crippen LogP contribution < -0.4 is 16.0 Å². The fraction of sp³-hybridized carbons (Fsp3) is 0.273. The molecule has 8 heteroatoms. The number of hydrogen-bond acceptors (Lipinski definition) is 6. The summed E-state index contributed by atoms with van der Waals surface area (Å²) < 4.78 is 0. The number of piperidine rings is 1. The Bertz CT molecular complexity index is 1110. The molecule has 3 aliphatic heterocycles. The first kappa shape index (κ1) is 18.4. The van der Waals surface area contributed by atoms with Crippen LogP contribution in [0.2, 0.25) is 0 Å². The number of amides is 4. The summed E-state index contributed by atoms with van der Waals surface area (Å²) in [6, 6.07) is 10.4. The Balaban J connectivity index is 1.33. The van der Waals surface area contributed by atoms with Crippen LogP contribution in [0.25, 0.3) is 0 Å². The highest BCUT2D eigenvalue weighted by atomic mass is 16.2. The third-order valence-corrected chi connectivity index (χ3v) is 5.82. The van der Waals surface area contributed by atoms with Crippen LogP contribution in [0, 0.1) is 0 Å². The SMILES string of the molecule is O=C1CCC(N2C(=O)c3ccc(CNc4ccc5c(c4)NCC5)cc3C2=O)C(=O)N1. The van der Waals surface area contributed by atoms with Crippen molar-refractivity contribution in [1.29, 1.82) is 0 Å². The Kier molecular flexibility index (Phi) is 4.27. The largest absolute Gasteiger partial charge is 0.384 e. The maximum atomic E-state index is 12.9. The van der Waals surface area contributed by atoms with Gasteiger partial charge in [-0.2, -0.15) is 0 Å². The average Bonchev–Trinajstić information content (AvgIpc) is 3.30. The number of nitrogens with one attached hydrogen (secondary N) is 3. The van der Waals surface area contributed by atoms with Crippen molar-refractivity contribution >= 4 is 35.0 Å². The Labute approximate surface area is 172 Å². The fourth-order valence-electron chi connectivity index (χ4n) is 4.23. The third kappa shape index (κ3) is 3.01. The lowest BCUT2D eigenvalue weighted by Crippen LogP contribution is -2.54. The topological polar surface area (TPSA) is 108 Å². The van der Waals surface area contributed by atoms with Gasteiger partial charge in [0.1, 0.15) is 6.04 Å². The van der Waals surface area contributed by atoms with Crippen LogP contribution in [0.3, 0.4) is 0 Å². The van der Waals surface area contributed by atoms with Gasteiger partial charge in [0, 0.05) is 30.9 Å². The van der Waals surface area contributed by atoms with Gasteiger partial charge >= 0.3 is 0 Å². The molecule has 2 aromatic rings. The summed E-state index contributed by atoms with van der Waals surface area (Å²) in [6.07, 6.45) is 1.28. The van der Waals surface area contributed by atoms with Gasteiger partial charge in [0.05, 0.1) is 11.1 Å². The summed E-state index contributed by atoms with van der Waals surface area (Å²) in [5, 5.41) is 8.89. The summed E-state index contributed by atoms with van der Waals surface area (Å²) in [7, 11) is 0. The maximum absolute atomic E-state index is 12.9. The monoisotopic (exact) mass is 404 g/mol. The Morgan fingerprint density at radius 2 is 1.80 bits per heavy atom. The standard InChI is InChI=1S/C22H20N4O4/c27-19-6-5-18(20(28)25-19)26-21(29)15-4-1-12(9-16(15)22(26)30)11-24-14-3-2-13-7-8-23-17(13)10-14/h1-4,9-10,18,23-24H,5-8,11H2,(H,25,27,28). The molecule has 3 heterocycles. The number of benzene rings is 2. The zero-order valence-corrected chi connectivity index (χ0v) is 16.2. The lowest BCUT2D eigenvalue weighted by molar-refractivity contribution is -0.136. The molecule has 8 nitrogen and oxygen atoms in total. The number of rotatable bonds is 4. The molecule has 1 saturated heterocycles. The first-order valence-electron chi connectivity index (χ1n) is 9.96. The van der Waals surface area contributed by atoms with Crippen LogP contribution in [0.1, 0.15) is 44.7 Å². The zero-order chi connectivity index (χ0) is 20.8. The Hall–Kier alpha value is -3.68. The van der Waals surface area contributed by atoms with Crippen molar-refractivity contribution in [3.05, 3.63) is 58.7 Å². The average molecular weight is 404 g/mol. The van der Waals surface area contributed by atoms with E-state index >= 15 is 0 Å². The van der Waals surface area contributed by atoms with Crippen LogP contribution in [0.15, 0.2) is 36.4 Å². The molecule has 0 radical (unpaired) electrons. The van der Waals surface area contributed by atoms with E-state index in [0.29, 0.717) is 12.1 Å². The van der Waals surface area contributed by atoms with Crippen LogP contribution in [-0.4, -0.2) is 41.1 Å². The minimum atomic E-state index is -0.949. The summed E-state index contributed by atoms with van der Waals surface area (Å²) in [6.45, 7) is 1.44. The van der Waals surface area contributed by atoms with Gasteiger partial charge < -0.3 is 10.6 Å². The van der Waals surface area contributed by atoms with Crippen molar-refractivity contribution in [3.8, 4) is 0 Å². The van der Waals surface area contributed by atoms with Gasteiger partial charge in [-0.05, 0) is 48.2 Å². The van der Waals surface area contributed by atoms with Crippen molar-refractivity contribution in [2.45, 2.75) is 31.8 Å². The van der Waals surface area contributed by atoms with Gasteiger partial charge in [-0.15, -0.1) is 0 Å². The molecule has 3 aliphatic rings. The number of anilines is 2. The summed E-state index contributed by atoms with van der Waals surface area (Å²) >= 11 is 0. The van der Waals surface area contributed by atoms with Crippen molar-refractivity contribution in [2.24, 2.45) is 0 Å². The van der Waals surface area contributed by atoms with E-state index in [2.05, 4.69) is 28.1 Å². The number of fused-ring (bicyclic) bond motifs is 2. The molecule has 1 atom stereocenters. The van der Waals surface area contributed by atoms with Crippen LogP contribution in [-0.2, 0) is 22.6 Å². The molecule has 1 unspecified atom stereocenters. The summed E-state index contributed by atoms with van der Waals surface area (Å²) in [5.41, 5.74) is 4.84. The molecule has 4 amide bonds. The van der Waals surface area contributed by atoms with E-state index in [0.717, 1.165) is 34.8 Å². The highest BCUT2D eigenvalue weighted by Gasteiger charge is 2.44. The van der Waals surface area contributed by atoms with E-state index in [1.165, 1.54) is 5.56 Å². The first-order valence-corrected chi connectivity index (χ1v) is 9.96. The lowest BCUT2D eigenvalue weighted by atomic mass is 10.0. The summed E-state index contributed by atoms with van der Waals surface area (Å²) in [5.74, 6) is -1.97. The number of carbonyl (C=O) groups is 4. The second kappa shape index (κ2) is 6.98. The smallest absolute Gasteiger partial charge is 0.262 e. The van der Waals surface area contributed by atoms with Crippen molar-refractivity contribution < 1.29 is 19.2 Å². The molecule has 0 saturated carbocycles. The van der Waals surface area contributed by atoms with Gasteiger partial charge in [-0.1, -0.05) is 12.1 Å². The predicted octanol–water partition coefficient (Wildman–Crippen LogP) is 1.67. The van der Waals surface area contributed by atoms with Crippen LogP contribution in [0.5, 0.6) is 0 Å². The van der Waals surface area contributed by atoms with Crippen LogP contribution >= 0.6 is 0 Å². The number of imide groups is 2. The first-order chi connectivity index (χ1) is 14.5. The van der Waals surface area contributed by atoms with Crippen molar-refractivity contribution in [1.82, 2.24) is 10.2 Å². The zero-order valence-electron chi connectivity index (χ0n) is 16.2. The Morgan fingerprint density at radius 1 is 0.967 bits per heavy atom. The molecule has 3 N–H and O–H groups in total. The molecule has 5 rings (SSSR count). The van der Waals surface area contributed by atoms with E-state index in [-0.39, 0.29) is 24.3 Å². The summed E-state index contributed by atoms with van der Waals surface area (Å²) in [4.78, 5) is 50.2. The number of nitrogens with zero attached hydrogens (tertiary/aromatic N) is 1.